The quantitative estimate of drug-likeness (QED) is 0.379. The molecular formula is C24H25F4N5O5S. The number of anilines is 1. The van der Waals surface area contributed by atoms with Crippen LogP contribution in [0.15, 0.2) is 59.8 Å². The Bertz CT molecular complexity index is 1400. The summed E-state index contributed by atoms with van der Waals surface area (Å²) < 4.78 is 74.9. The third-order valence-corrected chi connectivity index (χ3v) is 7.71. The molecule has 1 saturated heterocycles. The standard InChI is InChI=1S/C22H24FN5O3S.C2HF3O2/c23-20-13-16(5-6-18(20)17-14-25-22(24)26-15-17)19-3-1-2-4-21(19)32(30,31)28-9-7-27(8-10-28)11-12-29;3-2(4,5)1(6)7/h1-6,13-15,29H,7-12H2,(H2,24,25,26);(H,6,7). The van der Waals surface area contributed by atoms with Crippen LogP contribution in [0, 0.1) is 5.82 Å². The number of β-amino-alcohol motifs (C(OH)–C–C–N with tert-alkyl or cyclic N) is 1. The van der Waals surface area contributed by atoms with E-state index in [1.165, 1.54) is 22.8 Å². The zero-order chi connectivity index (χ0) is 28.8. The number of nitrogens with zero attached hydrogens (tertiary/aromatic N) is 4. The van der Waals surface area contributed by atoms with Gasteiger partial charge in [-0.15, -0.1) is 0 Å². The first kappa shape index (κ1) is 29.9. The number of alkyl halides is 3. The van der Waals surface area contributed by atoms with E-state index in [4.69, 9.17) is 20.7 Å². The lowest BCUT2D eigenvalue weighted by molar-refractivity contribution is -0.192. The van der Waals surface area contributed by atoms with Crippen LogP contribution in [-0.2, 0) is 14.8 Å². The van der Waals surface area contributed by atoms with Crippen molar-refractivity contribution in [1.82, 2.24) is 19.2 Å². The van der Waals surface area contributed by atoms with Gasteiger partial charge in [0.2, 0.25) is 16.0 Å². The number of nitrogen functional groups attached to an aromatic ring is 1. The molecular weight excluding hydrogens is 546 g/mol. The summed E-state index contributed by atoms with van der Waals surface area (Å²) in [6, 6.07) is 11.2. The molecule has 0 unspecified atom stereocenters. The second-order valence-corrected chi connectivity index (χ2v) is 10.2. The van der Waals surface area contributed by atoms with Crippen LogP contribution >= 0.6 is 0 Å². The maximum Gasteiger partial charge on any atom is 0.490 e. The number of benzene rings is 2. The molecule has 10 nitrogen and oxygen atoms in total. The van der Waals surface area contributed by atoms with E-state index in [9.17, 15) is 26.0 Å². The molecule has 210 valence electrons. The minimum Gasteiger partial charge on any atom is -0.475 e. The van der Waals surface area contributed by atoms with Crippen molar-refractivity contribution < 1.29 is 41.0 Å². The molecule has 2 heterocycles. The molecule has 0 radical (unpaired) electrons. The van der Waals surface area contributed by atoms with Crippen molar-refractivity contribution in [2.75, 3.05) is 45.1 Å². The van der Waals surface area contributed by atoms with E-state index in [1.54, 1.807) is 36.4 Å². The zero-order valence-electron chi connectivity index (χ0n) is 20.3. The van der Waals surface area contributed by atoms with Crippen LogP contribution in [0.1, 0.15) is 0 Å². The van der Waals surface area contributed by atoms with Gasteiger partial charge in [-0.25, -0.2) is 27.6 Å². The van der Waals surface area contributed by atoms with Gasteiger partial charge in [0, 0.05) is 61.8 Å². The molecule has 0 amide bonds. The smallest absolute Gasteiger partial charge is 0.475 e. The lowest BCUT2D eigenvalue weighted by Gasteiger charge is -2.33. The first-order chi connectivity index (χ1) is 18.3. The van der Waals surface area contributed by atoms with Crippen molar-refractivity contribution in [3.63, 3.8) is 0 Å². The molecule has 0 aliphatic carbocycles. The van der Waals surface area contributed by atoms with Gasteiger partial charge in [0.25, 0.3) is 0 Å². The Morgan fingerprint density at radius 3 is 2.10 bits per heavy atom. The number of aromatic nitrogens is 2. The van der Waals surface area contributed by atoms with Gasteiger partial charge in [0.05, 0.1) is 11.5 Å². The number of aliphatic hydroxyl groups excluding tert-OH is 1. The zero-order valence-corrected chi connectivity index (χ0v) is 21.2. The van der Waals surface area contributed by atoms with Gasteiger partial charge in [0.15, 0.2) is 0 Å². The number of hydrogen-bond acceptors (Lipinski definition) is 8. The molecule has 1 aliphatic heterocycles. The number of hydrogen-bond donors (Lipinski definition) is 3. The number of carbonyl (C=O) groups is 1. The molecule has 39 heavy (non-hydrogen) atoms. The van der Waals surface area contributed by atoms with Crippen molar-refractivity contribution in [2.24, 2.45) is 0 Å². The fourth-order valence-corrected chi connectivity index (χ4v) is 5.43. The van der Waals surface area contributed by atoms with Gasteiger partial charge in [-0.3, -0.25) is 4.90 Å². The number of nitrogens with two attached hydrogens (primary N) is 1. The van der Waals surface area contributed by atoms with Crippen LogP contribution in [0.5, 0.6) is 0 Å². The van der Waals surface area contributed by atoms with E-state index in [1.807, 2.05) is 4.90 Å². The molecule has 15 heteroatoms. The van der Waals surface area contributed by atoms with E-state index in [0.717, 1.165) is 0 Å². The molecule has 0 saturated carbocycles. The number of halogens is 4. The lowest BCUT2D eigenvalue weighted by atomic mass is 10.0. The summed E-state index contributed by atoms with van der Waals surface area (Å²) in [5, 5.41) is 16.2. The topological polar surface area (TPSA) is 150 Å². The van der Waals surface area contributed by atoms with Crippen LogP contribution in [0.2, 0.25) is 0 Å². The van der Waals surface area contributed by atoms with E-state index < -0.39 is 28.0 Å². The van der Waals surface area contributed by atoms with E-state index in [0.29, 0.717) is 55.0 Å². The molecule has 3 aromatic rings. The van der Waals surface area contributed by atoms with Gasteiger partial charge in [-0.1, -0.05) is 30.3 Å². The van der Waals surface area contributed by atoms with Crippen LogP contribution in [0.4, 0.5) is 23.5 Å². The van der Waals surface area contributed by atoms with Gasteiger partial charge in [-0.2, -0.15) is 17.5 Å². The number of sulfonamides is 1. The number of aliphatic hydroxyl groups is 1. The average Bonchev–Trinajstić information content (AvgIpc) is 2.89. The first-order valence-corrected chi connectivity index (χ1v) is 12.9. The number of rotatable bonds is 6. The highest BCUT2D eigenvalue weighted by Crippen LogP contribution is 2.33. The van der Waals surface area contributed by atoms with Gasteiger partial charge in [0.1, 0.15) is 5.82 Å². The molecule has 4 N–H and O–H groups in total. The second-order valence-electron chi connectivity index (χ2n) is 8.29. The van der Waals surface area contributed by atoms with Crippen LogP contribution in [0.3, 0.4) is 0 Å². The fraction of sp³-hybridized carbons (Fsp3) is 0.292. The second kappa shape index (κ2) is 12.5. The maximum atomic E-state index is 14.9. The normalized spacial score (nSPS) is 14.9. The van der Waals surface area contributed by atoms with Crippen molar-refractivity contribution in [1.29, 1.82) is 0 Å². The summed E-state index contributed by atoms with van der Waals surface area (Å²) in [6.07, 6.45) is -2.20. The molecule has 1 aromatic heterocycles. The van der Waals surface area contributed by atoms with Crippen LogP contribution < -0.4 is 5.73 Å². The van der Waals surface area contributed by atoms with Crippen molar-refractivity contribution in [2.45, 2.75) is 11.1 Å². The average molecular weight is 572 g/mol. The van der Waals surface area contributed by atoms with E-state index >= 15 is 0 Å². The molecule has 4 rings (SSSR count). The summed E-state index contributed by atoms with van der Waals surface area (Å²) in [7, 11) is -3.77. The highest BCUT2D eigenvalue weighted by Gasteiger charge is 2.38. The predicted molar refractivity (Wildman–Crippen MR) is 133 cm³/mol. The van der Waals surface area contributed by atoms with E-state index in [-0.39, 0.29) is 17.5 Å². The molecule has 0 atom stereocenters. The Morgan fingerprint density at radius 2 is 1.56 bits per heavy atom. The third-order valence-electron chi connectivity index (χ3n) is 5.76. The minimum absolute atomic E-state index is 0.0413. The molecule has 0 bridgehead atoms. The van der Waals surface area contributed by atoms with Crippen LogP contribution in [-0.4, -0.2) is 89.3 Å². The highest BCUT2D eigenvalue weighted by molar-refractivity contribution is 7.89. The Hall–Kier alpha value is -3.66. The Balaban J connectivity index is 0.000000532. The SMILES string of the molecule is Nc1ncc(-c2ccc(-c3ccccc3S(=O)(=O)N3CCN(CCO)CC3)cc2F)cn1.O=C(O)C(F)(F)F. The van der Waals surface area contributed by atoms with Crippen molar-refractivity contribution >= 4 is 21.9 Å². The lowest BCUT2D eigenvalue weighted by Crippen LogP contribution is -2.49. The Kier molecular flexibility index (Phi) is 9.55. The maximum absolute atomic E-state index is 14.9. The largest absolute Gasteiger partial charge is 0.490 e. The molecule has 1 fully saturated rings. The number of piperazine rings is 1. The van der Waals surface area contributed by atoms with Gasteiger partial charge in [-0.05, 0) is 17.7 Å². The molecule has 2 aromatic carbocycles. The Morgan fingerprint density at radius 1 is 0.974 bits per heavy atom. The number of carboxylic acids is 1. The third kappa shape index (κ3) is 7.47. The minimum atomic E-state index is -5.08. The molecule has 0 spiro atoms. The molecule has 1 aliphatic rings. The van der Waals surface area contributed by atoms with Crippen molar-refractivity contribution in [3.05, 3.63) is 60.7 Å². The van der Waals surface area contributed by atoms with E-state index in [2.05, 4.69) is 9.97 Å². The summed E-state index contributed by atoms with van der Waals surface area (Å²) in [5.74, 6) is -3.17. The highest BCUT2D eigenvalue weighted by atomic mass is 32.2. The summed E-state index contributed by atoms with van der Waals surface area (Å²) in [5.41, 5.74) is 7.16. The monoisotopic (exact) mass is 571 g/mol. The number of aliphatic carboxylic acids is 1. The number of carboxylic acid groups (broad SMARTS) is 1. The fourth-order valence-electron chi connectivity index (χ4n) is 3.80. The Labute approximate surface area is 221 Å². The van der Waals surface area contributed by atoms with Crippen molar-refractivity contribution in [3.8, 4) is 22.3 Å². The first-order valence-electron chi connectivity index (χ1n) is 11.4. The summed E-state index contributed by atoms with van der Waals surface area (Å²) in [6.45, 7) is 2.33. The summed E-state index contributed by atoms with van der Waals surface area (Å²) in [4.78, 5) is 18.8. The van der Waals surface area contributed by atoms with Gasteiger partial charge < -0.3 is 15.9 Å². The predicted octanol–water partition coefficient (Wildman–Crippen LogP) is 2.46. The summed E-state index contributed by atoms with van der Waals surface area (Å²) >= 11 is 0. The van der Waals surface area contributed by atoms with Gasteiger partial charge >= 0.3 is 12.1 Å². The van der Waals surface area contributed by atoms with Crippen LogP contribution in [0.25, 0.3) is 22.3 Å².